The first-order valence-electron chi connectivity index (χ1n) is 9.23. The molecular formula is C23H18ClN3O3. The summed E-state index contributed by atoms with van der Waals surface area (Å²) in [6.45, 7) is 0. The maximum Gasteiger partial charge on any atom is 0.252 e. The van der Waals surface area contributed by atoms with E-state index < -0.39 is 6.04 Å². The van der Waals surface area contributed by atoms with E-state index in [4.69, 9.17) is 20.8 Å². The van der Waals surface area contributed by atoms with Gasteiger partial charge in [0.15, 0.2) is 0 Å². The van der Waals surface area contributed by atoms with Crippen LogP contribution < -0.4 is 10.1 Å². The molecular weight excluding hydrogens is 402 g/mol. The fraction of sp³-hybridized carbons (Fsp3) is 0.0870. The molecule has 0 aliphatic heterocycles. The Kier molecular flexibility index (Phi) is 5.77. The molecule has 6 nitrogen and oxygen atoms in total. The van der Waals surface area contributed by atoms with Crippen LogP contribution in [0.1, 0.15) is 27.9 Å². The number of aromatic nitrogens is 2. The normalized spacial score (nSPS) is 11.7. The Labute approximate surface area is 178 Å². The van der Waals surface area contributed by atoms with Gasteiger partial charge < -0.3 is 14.5 Å². The summed E-state index contributed by atoms with van der Waals surface area (Å²) < 4.78 is 11.0. The van der Waals surface area contributed by atoms with Crippen LogP contribution in [-0.2, 0) is 0 Å². The fourth-order valence-electron chi connectivity index (χ4n) is 2.95. The molecule has 0 radical (unpaired) electrons. The van der Waals surface area contributed by atoms with Crippen molar-refractivity contribution in [3.8, 4) is 17.2 Å². The van der Waals surface area contributed by atoms with Crippen LogP contribution in [0.25, 0.3) is 11.5 Å². The summed E-state index contributed by atoms with van der Waals surface area (Å²) in [6, 6.07) is 22.8. The van der Waals surface area contributed by atoms with Gasteiger partial charge in [-0.3, -0.25) is 4.79 Å². The number of carbonyl (C=O) groups is 1. The van der Waals surface area contributed by atoms with Crippen LogP contribution in [0.5, 0.6) is 5.75 Å². The molecule has 0 fully saturated rings. The molecule has 0 aliphatic rings. The first kappa shape index (κ1) is 19.7. The van der Waals surface area contributed by atoms with E-state index in [2.05, 4.69) is 15.5 Å². The van der Waals surface area contributed by atoms with Crippen molar-refractivity contribution in [2.75, 3.05) is 7.11 Å². The lowest BCUT2D eigenvalue weighted by atomic mass is 10.1. The molecule has 0 saturated heterocycles. The standard InChI is InChI=1S/C23H18ClN3O3/c1-29-19-13-9-16(10-14-19)21(28)25-20(15-5-3-2-4-6-15)23-27-26-22(30-23)17-7-11-18(24)12-8-17/h2-14,20H,1H3,(H,25,28)/t20-/m0/s1. The number of nitrogens with zero attached hydrogens (tertiary/aromatic N) is 2. The number of nitrogens with one attached hydrogen (secondary N) is 1. The van der Waals surface area contributed by atoms with Gasteiger partial charge in [-0.25, -0.2) is 0 Å². The number of hydrogen-bond donors (Lipinski definition) is 1. The van der Waals surface area contributed by atoms with Crippen molar-refractivity contribution >= 4 is 17.5 Å². The predicted molar refractivity (Wildman–Crippen MR) is 113 cm³/mol. The molecule has 1 heterocycles. The van der Waals surface area contributed by atoms with Crippen molar-refractivity contribution in [1.82, 2.24) is 15.5 Å². The molecule has 4 rings (SSSR count). The monoisotopic (exact) mass is 419 g/mol. The molecule has 1 N–H and O–H groups in total. The zero-order valence-electron chi connectivity index (χ0n) is 16.1. The zero-order chi connectivity index (χ0) is 20.9. The maximum absolute atomic E-state index is 12.9. The molecule has 30 heavy (non-hydrogen) atoms. The van der Waals surface area contributed by atoms with Gasteiger partial charge in [0.1, 0.15) is 11.8 Å². The largest absolute Gasteiger partial charge is 0.497 e. The highest BCUT2D eigenvalue weighted by Gasteiger charge is 2.24. The first-order valence-corrected chi connectivity index (χ1v) is 9.61. The highest BCUT2D eigenvalue weighted by atomic mass is 35.5. The molecule has 0 aliphatic carbocycles. The van der Waals surface area contributed by atoms with Crippen molar-refractivity contribution in [1.29, 1.82) is 0 Å². The van der Waals surface area contributed by atoms with Crippen LogP contribution in [0.2, 0.25) is 5.02 Å². The zero-order valence-corrected chi connectivity index (χ0v) is 16.8. The third-order valence-electron chi connectivity index (χ3n) is 4.54. The van der Waals surface area contributed by atoms with Gasteiger partial charge >= 0.3 is 0 Å². The maximum atomic E-state index is 12.9. The van der Waals surface area contributed by atoms with Gasteiger partial charge in [0.2, 0.25) is 11.8 Å². The molecule has 0 spiro atoms. The van der Waals surface area contributed by atoms with Gasteiger partial charge in [-0.15, -0.1) is 10.2 Å². The van der Waals surface area contributed by atoms with Gasteiger partial charge in [-0.05, 0) is 54.1 Å². The van der Waals surface area contributed by atoms with Crippen molar-refractivity contribution < 1.29 is 13.9 Å². The third-order valence-corrected chi connectivity index (χ3v) is 4.79. The smallest absolute Gasteiger partial charge is 0.252 e. The second-order valence-corrected chi connectivity index (χ2v) is 6.93. The van der Waals surface area contributed by atoms with Crippen molar-refractivity contribution in [2.45, 2.75) is 6.04 Å². The summed E-state index contributed by atoms with van der Waals surface area (Å²) in [5.41, 5.74) is 2.06. The van der Waals surface area contributed by atoms with Gasteiger partial charge in [-0.1, -0.05) is 41.9 Å². The average Bonchev–Trinajstić information content (AvgIpc) is 3.28. The van der Waals surface area contributed by atoms with Gasteiger partial charge in [0, 0.05) is 16.1 Å². The highest BCUT2D eigenvalue weighted by Crippen LogP contribution is 2.26. The number of methoxy groups -OCH3 is 1. The van der Waals surface area contributed by atoms with Gasteiger partial charge in [0.05, 0.1) is 7.11 Å². The van der Waals surface area contributed by atoms with E-state index in [0.29, 0.717) is 22.2 Å². The summed E-state index contributed by atoms with van der Waals surface area (Å²) in [5, 5.41) is 11.9. The summed E-state index contributed by atoms with van der Waals surface area (Å²) in [6.07, 6.45) is 0. The number of halogens is 1. The molecule has 1 aromatic heterocycles. The molecule has 0 saturated carbocycles. The van der Waals surface area contributed by atoms with Crippen LogP contribution in [0.4, 0.5) is 0 Å². The van der Waals surface area contributed by atoms with Gasteiger partial charge in [0.25, 0.3) is 5.91 Å². The van der Waals surface area contributed by atoms with E-state index >= 15 is 0 Å². The van der Waals surface area contributed by atoms with E-state index in [0.717, 1.165) is 11.1 Å². The Bertz CT molecular complexity index is 1130. The molecule has 0 unspecified atom stereocenters. The second kappa shape index (κ2) is 8.80. The number of ether oxygens (including phenoxy) is 1. The summed E-state index contributed by atoms with van der Waals surface area (Å²) in [5.74, 6) is 1.04. The van der Waals surface area contributed by atoms with Crippen LogP contribution in [0, 0.1) is 0 Å². The number of rotatable bonds is 6. The molecule has 1 atom stereocenters. The van der Waals surface area contributed by atoms with E-state index in [1.807, 2.05) is 30.3 Å². The van der Waals surface area contributed by atoms with E-state index in [-0.39, 0.29) is 11.8 Å². The minimum absolute atomic E-state index is 0.266. The molecule has 1 amide bonds. The molecule has 0 bridgehead atoms. The van der Waals surface area contributed by atoms with E-state index in [1.54, 1.807) is 55.6 Å². The molecule has 7 heteroatoms. The number of benzene rings is 3. The number of carbonyl (C=O) groups excluding carboxylic acids is 1. The Morgan fingerprint density at radius 3 is 2.33 bits per heavy atom. The Morgan fingerprint density at radius 1 is 0.967 bits per heavy atom. The molecule has 3 aromatic carbocycles. The van der Waals surface area contributed by atoms with Crippen molar-refractivity contribution in [2.24, 2.45) is 0 Å². The molecule has 150 valence electrons. The number of hydrogen-bond acceptors (Lipinski definition) is 5. The fourth-order valence-corrected chi connectivity index (χ4v) is 3.08. The third kappa shape index (κ3) is 4.34. The topological polar surface area (TPSA) is 77.2 Å². The van der Waals surface area contributed by atoms with E-state index in [9.17, 15) is 4.79 Å². The van der Waals surface area contributed by atoms with Crippen LogP contribution >= 0.6 is 11.6 Å². The summed E-state index contributed by atoms with van der Waals surface area (Å²) in [7, 11) is 1.58. The Hall–Kier alpha value is -3.64. The van der Waals surface area contributed by atoms with Crippen molar-refractivity contribution in [3.63, 3.8) is 0 Å². The SMILES string of the molecule is COc1ccc(C(=O)N[C@@H](c2ccccc2)c2nnc(-c3ccc(Cl)cc3)o2)cc1. The van der Waals surface area contributed by atoms with E-state index in [1.165, 1.54) is 0 Å². The number of amides is 1. The predicted octanol–water partition coefficient (Wildman–Crippen LogP) is 4.92. The lowest BCUT2D eigenvalue weighted by molar-refractivity contribution is 0.0938. The van der Waals surface area contributed by atoms with Crippen LogP contribution in [-0.4, -0.2) is 23.2 Å². The minimum atomic E-state index is -0.602. The lowest BCUT2D eigenvalue weighted by Crippen LogP contribution is -2.29. The van der Waals surface area contributed by atoms with Crippen LogP contribution in [0.3, 0.4) is 0 Å². The summed E-state index contributed by atoms with van der Waals surface area (Å²) >= 11 is 5.95. The minimum Gasteiger partial charge on any atom is -0.497 e. The summed E-state index contributed by atoms with van der Waals surface area (Å²) in [4.78, 5) is 12.9. The van der Waals surface area contributed by atoms with Crippen molar-refractivity contribution in [3.05, 3.63) is 101 Å². The Morgan fingerprint density at radius 2 is 1.67 bits per heavy atom. The average molecular weight is 420 g/mol. The van der Waals surface area contributed by atoms with Crippen LogP contribution in [0.15, 0.2) is 83.3 Å². The van der Waals surface area contributed by atoms with Gasteiger partial charge in [-0.2, -0.15) is 0 Å². The highest BCUT2D eigenvalue weighted by molar-refractivity contribution is 6.30. The second-order valence-electron chi connectivity index (χ2n) is 6.50. The molecule has 4 aromatic rings. The Balaban J connectivity index is 1.63. The quantitative estimate of drug-likeness (QED) is 0.480. The lowest BCUT2D eigenvalue weighted by Gasteiger charge is -2.16. The first-order chi connectivity index (χ1) is 14.6.